The third-order valence-corrected chi connectivity index (χ3v) is 17.7. The number of nitrogens with one attached hydrogen (secondary N) is 2. The fourth-order valence-corrected chi connectivity index (χ4v) is 13.3. The van der Waals surface area contributed by atoms with Crippen LogP contribution in [0.15, 0.2) is 87.9 Å². The summed E-state index contributed by atoms with van der Waals surface area (Å²) in [6, 6.07) is 13.0. The minimum Gasteiger partial charge on any atom is -0.494 e. The quantitative estimate of drug-likeness (QED) is 0.0524. The number of fused-ring (bicyclic) bond motifs is 4. The number of nitrogens with two attached hydrogens (primary N) is 1. The lowest BCUT2D eigenvalue weighted by Crippen LogP contribution is -2.37. The zero-order chi connectivity index (χ0) is 49.6. The summed E-state index contributed by atoms with van der Waals surface area (Å²) in [4.78, 5) is 49.5. The topological polar surface area (TPSA) is 290 Å². The van der Waals surface area contributed by atoms with E-state index in [1.165, 1.54) is 56.4 Å². The average Bonchev–Trinajstić information content (AvgIpc) is 3.99. The van der Waals surface area contributed by atoms with Crippen molar-refractivity contribution < 1.29 is 63.5 Å². The largest absolute Gasteiger partial charge is 0.494 e. The van der Waals surface area contributed by atoms with Crippen LogP contribution in [0.4, 0.5) is 20.3 Å². The van der Waals surface area contributed by atoms with E-state index in [2.05, 4.69) is 26.6 Å². The molecule has 3 aliphatic heterocycles. The molecule has 0 spiro atoms. The Bertz CT molecular complexity index is 2920. The molecule has 28 heteroatoms. The van der Waals surface area contributed by atoms with Crippen LogP contribution in [0.25, 0.3) is 11.2 Å². The molecule has 22 nitrogen and oxygen atoms in total. The van der Waals surface area contributed by atoms with E-state index < -0.39 is 98.3 Å². The molecule has 0 aliphatic carbocycles. The minimum atomic E-state index is -5.34. The molecular weight excluding hydrogens is 1000 g/mol. The number of rotatable bonds is 18. The van der Waals surface area contributed by atoms with Crippen LogP contribution in [0, 0.1) is 0 Å². The van der Waals surface area contributed by atoms with E-state index >= 15 is 8.78 Å². The summed E-state index contributed by atoms with van der Waals surface area (Å²) in [7, 11) is -9.42. The van der Waals surface area contributed by atoms with Crippen LogP contribution in [-0.2, 0) is 52.5 Å². The standard InChI is InChI=1S/C42H52F2N8O14P2S2/c1-2-3-4-5-6-7-8-9-20-60-28-14-12-27(13-15-28)50-70(58,59)29-16-10-26(11-17-29)23-69-68(57)62-21-30-33(43)37(41(63-30)51-19-18-32(53)49-42(51)54)65-67(55,56)61-22-31-36(66-68)34(44)40(64-31)52-25-48-35-38(45)46-24-47-39(35)52/h10-19,24-25,30-31,33-34,36-37,40-41,50H,2-9,20-23H2,1H3,(H,55,56)(H2,45,46,47)(H,49,53,54)/t30-,31-,33-,34-,36-,37-,40-,41-,68?/m1/s1. The van der Waals surface area contributed by atoms with Crippen molar-refractivity contribution in [2.24, 2.45) is 0 Å². The second kappa shape index (κ2) is 22.4. The van der Waals surface area contributed by atoms with E-state index in [-0.39, 0.29) is 27.6 Å². The van der Waals surface area contributed by atoms with Gasteiger partial charge < -0.3 is 24.8 Å². The first-order valence-corrected chi connectivity index (χ1v) is 28.6. The number of nitrogens with zero attached hydrogens (tertiary/aromatic N) is 5. The molecule has 380 valence electrons. The number of nitrogen functional groups attached to an aromatic ring is 1. The van der Waals surface area contributed by atoms with Crippen molar-refractivity contribution in [3.63, 3.8) is 0 Å². The van der Waals surface area contributed by atoms with Crippen LogP contribution < -0.4 is 26.4 Å². The number of aromatic nitrogens is 6. The molecule has 10 atom stereocenters. The van der Waals surface area contributed by atoms with Crippen LogP contribution in [0.5, 0.6) is 5.75 Å². The number of alkyl halides is 2. The predicted octanol–water partition coefficient (Wildman–Crippen LogP) is 6.71. The number of ether oxygens (including phenoxy) is 3. The van der Waals surface area contributed by atoms with E-state index in [1.807, 2.05) is 4.98 Å². The van der Waals surface area contributed by atoms with Gasteiger partial charge in [0.15, 0.2) is 36.3 Å². The summed E-state index contributed by atoms with van der Waals surface area (Å²) in [5.74, 6) is 0.372. The zero-order valence-corrected chi connectivity index (χ0v) is 41.0. The highest BCUT2D eigenvalue weighted by Gasteiger charge is 2.55. The van der Waals surface area contributed by atoms with Gasteiger partial charge in [-0.3, -0.25) is 41.7 Å². The lowest BCUT2D eigenvalue weighted by Gasteiger charge is -2.27. The Kier molecular flexibility index (Phi) is 16.6. The van der Waals surface area contributed by atoms with Crippen LogP contribution in [0.1, 0.15) is 76.3 Å². The van der Waals surface area contributed by atoms with Gasteiger partial charge in [0.05, 0.1) is 31.0 Å². The second-order valence-electron chi connectivity index (χ2n) is 16.6. The van der Waals surface area contributed by atoms with Gasteiger partial charge in [0, 0.05) is 23.7 Å². The number of hydrogen-bond acceptors (Lipinski definition) is 18. The summed E-state index contributed by atoms with van der Waals surface area (Å²) in [5, 5.41) is 0. The molecule has 8 rings (SSSR count). The summed E-state index contributed by atoms with van der Waals surface area (Å²) in [5.41, 5.74) is 4.89. The van der Waals surface area contributed by atoms with E-state index in [9.17, 15) is 32.0 Å². The Morgan fingerprint density at radius 2 is 1.56 bits per heavy atom. The van der Waals surface area contributed by atoms with Crippen molar-refractivity contribution in [2.75, 3.05) is 30.3 Å². The highest BCUT2D eigenvalue weighted by atomic mass is 32.7. The Morgan fingerprint density at radius 3 is 2.29 bits per heavy atom. The molecule has 6 heterocycles. The first kappa shape index (κ1) is 51.8. The van der Waals surface area contributed by atoms with E-state index in [0.717, 1.165) is 48.7 Å². The normalized spacial score (nSPS) is 28.4. The molecular formula is C42H52F2N8O14P2S2. The predicted molar refractivity (Wildman–Crippen MR) is 251 cm³/mol. The number of unbranched alkanes of at least 4 members (excludes halogenated alkanes) is 7. The third-order valence-electron chi connectivity index (χ3n) is 11.6. The Morgan fingerprint density at radius 1 is 0.857 bits per heavy atom. The molecule has 5 N–H and O–H groups in total. The Hall–Kier alpha value is -4.59. The molecule has 3 aliphatic rings. The number of H-pyrrole nitrogens is 1. The molecule has 3 aromatic heterocycles. The summed E-state index contributed by atoms with van der Waals surface area (Å²) in [6.45, 7) is -3.86. The molecule has 0 amide bonds. The van der Waals surface area contributed by atoms with Crippen molar-refractivity contribution in [1.82, 2.24) is 29.1 Å². The van der Waals surface area contributed by atoms with Gasteiger partial charge in [-0.25, -0.2) is 46.1 Å². The van der Waals surface area contributed by atoms with Crippen molar-refractivity contribution in [3.05, 3.63) is 99.9 Å². The number of aromatic amines is 1. The van der Waals surface area contributed by atoms with Gasteiger partial charge in [0.25, 0.3) is 15.6 Å². The minimum absolute atomic E-state index is 0.0286. The lowest BCUT2D eigenvalue weighted by atomic mass is 10.1. The zero-order valence-electron chi connectivity index (χ0n) is 37.6. The van der Waals surface area contributed by atoms with Gasteiger partial charge in [-0.2, -0.15) is 0 Å². The number of hydrogen-bond donors (Lipinski definition) is 4. The smallest absolute Gasteiger partial charge is 0.472 e. The SMILES string of the molecule is CCCCCCCCCCOc1ccc(NS(=O)(=O)c2ccc(CSP3(=O)OC[C@H]4O[C@@H](n5ccc(=O)[nH]c5=O)[C@H](OP(=O)(O)OC[C@H]5O[C@@H](n6cnc7c(N)ncnc76)[C@H](F)[C@@H]5O3)[C@@H]4F)cc2)cc1. The average molecular weight is 1060 g/mol. The van der Waals surface area contributed by atoms with Crippen molar-refractivity contribution in [1.29, 1.82) is 0 Å². The molecule has 3 saturated heterocycles. The fourth-order valence-electron chi connectivity index (χ4n) is 7.97. The molecule has 0 radical (unpaired) electrons. The maximum absolute atomic E-state index is 16.8. The van der Waals surface area contributed by atoms with Crippen LogP contribution in [-0.4, -0.2) is 99.0 Å². The van der Waals surface area contributed by atoms with E-state index in [0.29, 0.717) is 39.6 Å². The van der Waals surface area contributed by atoms with Gasteiger partial charge in [0.2, 0.25) is 0 Å². The number of halogens is 2. The van der Waals surface area contributed by atoms with Gasteiger partial charge >= 0.3 is 20.3 Å². The molecule has 2 unspecified atom stereocenters. The van der Waals surface area contributed by atoms with Crippen LogP contribution in [0.2, 0.25) is 0 Å². The maximum atomic E-state index is 16.8. The molecule has 2 bridgehead atoms. The maximum Gasteiger partial charge on any atom is 0.472 e. The molecule has 3 fully saturated rings. The van der Waals surface area contributed by atoms with E-state index in [4.69, 9.17) is 38.0 Å². The monoisotopic (exact) mass is 1060 g/mol. The van der Waals surface area contributed by atoms with Gasteiger partial charge in [0.1, 0.15) is 42.0 Å². The lowest BCUT2D eigenvalue weighted by molar-refractivity contribution is -0.0652. The fraction of sp³-hybridized carbons (Fsp3) is 0.500. The number of phosphoric acid groups is 1. The van der Waals surface area contributed by atoms with Crippen LogP contribution >= 0.6 is 26.0 Å². The number of benzene rings is 2. The van der Waals surface area contributed by atoms with Gasteiger partial charge in [-0.05, 0) is 59.8 Å². The first-order valence-electron chi connectivity index (χ1n) is 22.4. The number of imidazole rings is 1. The van der Waals surface area contributed by atoms with Crippen molar-refractivity contribution >= 4 is 58.7 Å². The highest BCUT2D eigenvalue weighted by molar-refractivity contribution is 8.54. The number of sulfonamides is 1. The molecule has 0 saturated carbocycles. The molecule has 70 heavy (non-hydrogen) atoms. The van der Waals surface area contributed by atoms with Crippen LogP contribution in [0.3, 0.4) is 0 Å². The summed E-state index contributed by atoms with van der Waals surface area (Å²) >= 11 is 0.528. The summed E-state index contributed by atoms with van der Waals surface area (Å²) < 4.78 is 132. The number of phosphoric ester groups is 1. The van der Waals surface area contributed by atoms with Gasteiger partial charge in [-0.1, -0.05) is 64.0 Å². The van der Waals surface area contributed by atoms with E-state index in [1.54, 1.807) is 24.3 Å². The van der Waals surface area contributed by atoms with Crippen molar-refractivity contribution in [2.45, 2.75) is 118 Å². The Balaban J connectivity index is 0.977. The molecule has 2 aromatic carbocycles. The van der Waals surface area contributed by atoms with Crippen molar-refractivity contribution in [3.8, 4) is 5.75 Å². The third kappa shape index (κ3) is 12.4. The Labute approximate surface area is 403 Å². The molecule has 5 aromatic rings. The summed E-state index contributed by atoms with van der Waals surface area (Å²) in [6.07, 6.45) is -2.75. The second-order valence-corrected chi connectivity index (χ2v) is 23.8. The van der Waals surface area contributed by atoms with Gasteiger partial charge in [-0.15, -0.1) is 0 Å². The number of anilines is 2. The first-order chi connectivity index (χ1) is 33.5. The highest BCUT2D eigenvalue weighted by Crippen LogP contribution is 2.65.